The van der Waals surface area contributed by atoms with Crippen LogP contribution in [0, 0.1) is 11.3 Å². The molecule has 4 rings (SSSR count). The first-order valence-electron chi connectivity index (χ1n) is 7.73. The number of fused-ring (bicyclic) bond motifs is 1. The van der Waals surface area contributed by atoms with E-state index in [-0.39, 0.29) is 11.0 Å². The summed E-state index contributed by atoms with van der Waals surface area (Å²) in [5.74, 6) is 0.527. The second kappa shape index (κ2) is 4.17. The predicted octanol–water partition coefficient (Wildman–Crippen LogP) is 2.11. The van der Waals surface area contributed by atoms with Gasteiger partial charge in [0.2, 0.25) is 0 Å². The summed E-state index contributed by atoms with van der Waals surface area (Å²) in [4.78, 5) is 0. The summed E-state index contributed by atoms with van der Waals surface area (Å²) in [6.07, 6.45) is 5.77. The zero-order valence-electron chi connectivity index (χ0n) is 11.9. The standard InChI is InChI=1S/C15H24O4/c1-3-13-15(4-2,19-13)12-5-10-11(18-10)6-14(12)7-16-9-17-8-14/h10-13H,3-9H2,1-2H3. The van der Waals surface area contributed by atoms with Gasteiger partial charge in [0.05, 0.1) is 37.1 Å². The van der Waals surface area contributed by atoms with E-state index in [9.17, 15) is 0 Å². The van der Waals surface area contributed by atoms with Crippen LogP contribution in [0.3, 0.4) is 0 Å². The Kier molecular flexibility index (Phi) is 2.76. The molecule has 0 aromatic heterocycles. The highest BCUT2D eigenvalue weighted by atomic mass is 16.7. The lowest BCUT2D eigenvalue weighted by Crippen LogP contribution is -2.53. The van der Waals surface area contributed by atoms with E-state index in [0.717, 1.165) is 38.9 Å². The molecule has 5 unspecified atom stereocenters. The fraction of sp³-hybridized carbons (Fsp3) is 1.00. The second-order valence-electron chi connectivity index (χ2n) is 6.71. The molecule has 1 saturated carbocycles. The fourth-order valence-corrected chi connectivity index (χ4v) is 4.74. The maximum Gasteiger partial charge on any atom is 0.146 e. The summed E-state index contributed by atoms with van der Waals surface area (Å²) < 4.78 is 23.3. The molecule has 5 atom stereocenters. The minimum absolute atomic E-state index is 0.0652. The quantitative estimate of drug-likeness (QED) is 0.735. The van der Waals surface area contributed by atoms with Crippen molar-refractivity contribution in [1.29, 1.82) is 0 Å². The van der Waals surface area contributed by atoms with Crippen molar-refractivity contribution in [2.45, 2.75) is 63.4 Å². The van der Waals surface area contributed by atoms with Gasteiger partial charge in [0.15, 0.2) is 0 Å². The van der Waals surface area contributed by atoms with E-state index in [0.29, 0.717) is 31.0 Å². The van der Waals surface area contributed by atoms with Crippen molar-refractivity contribution in [3.8, 4) is 0 Å². The highest BCUT2D eigenvalue weighted by Crippen LogP contribution is 2.62. The molecule has 3 aliphatic heterocycles. The molecule has 4 aliphatic rings. The third kappa shape index (κ3) is 1.73. The Morgan fingerprint density at radius 2 is 1.89 bits per heavy atom. The van der Waals surface area contributed by atoms with Crippen LogP contribution in [0.5, 0.6) is 0 Å². The number of ether oxygens (including phenoxy) is 4. The van der Waals surface area contributed by atoms with E-state index in [1.165, 1.54) is 0 Å². The average Bonchev–Trinajstić information content (AvgIpc) is 3.32. The molecule has 3 saturated heterocycles. The molecule has 4 nitrogen and oxygen atoms in total. The summed E-state index contributed by atoms with van der Waals surface area (Å²) in [5, 5.41) is 0. The molecule has 0 N–H and O–H groups in total. The first-order valence-corrected chi connectivity index (χ1v) is 7.73. The molecule has 4 fully saturated rings. The smallest absolute Gasteiger partial charge is 0.146 e. The summed E-state index contributed by atoms with van der Waals surface area (Å²) in [5.41, 5.74) is 0.186. The van der Waals surface area contributed by atoms with Crippen LogP contribution in [0.2, 0.25) is 0 Å². The van der Waals surface area contributed by atoms with E-state index in [4.69, 9.17) is 18.9 Å². The Morgan fingerprint density at radius 1 is 1.11 bits per heavy atom. The molecule has 4 heteroatoms. The molecule has 108 valence electrons. The summed E-state index contributed by atoms with van der Waals surface area (Å²) >= 11 is 0. The lowest BCUT2D eigenvalue weighted by atomic mass is 9.60. The minimum Gasteiger partial charge on any atom is -0.370 e. The van der Waals surface area contributed by atoms with Gasteiger partial charge in [-0.15, -0.1) is 0 Å². The van der Waals surface area contributed by atoms with Crippen molar-refractivity contribution >= 4 is 0 Å². The van der Waals surface area contributed by atoms with Gasteiger partial charge >= 0.3 is 0 Å². The Balaban J connectivity index is 1.63. The molecule has 1 spiro atoms. The predicted molar refractivity (Wildman–Crippen MR) is 68.8 cm³/mol. The van der Waals surface area contributed by atoms with Crippen LogP contribution >= 0.6 is 0 Å². The summed E-state index contributed by atoms with van der Waals surface area (Å²) in [6, 6.07) is 0. The molecule has 0 radical (unpaired) electrons. The summed E-state index contributed by atoms with van der Waals surface area (Å²) in [6.45, 7) is 6.55. The first-order chi connectivity index (χ1) is 9.24. The first kappa shape index (κ1) is 12.6. The Morgan fingerprint density at radius 3 is 2.53 bits per heavy atom. The molecule has 0 aromatic rings. The van der Waals surface area contributed by atoms with Gasteiger partial charge in [0.25, 0.3) is 0 Å². The Labute approximate surface area is 114 Å². The van der Waals surface area contributed by atoms with Gasteiger partial charge < -0.3 is 18.9 Å². The maximum absolute atomic E-state index is 6.17. The van der Waals surface area contributed by atoms with Gasteiger partial charge in [0, 0.05) is 11.3 Å². The zero-order chi connectivity index (χ0) is 13.1. The van der Waals surface area contributed by atoms with Crippen molar-refractivity contribution in [3.63, 3.8) is 0 Å². The van der Waals surface area contributed by atoms with Gasteiger partial charge in [-0.05, 0) is 25.7 Å². The normalized spacial score (nSPS) is 50.8. The lowest BCUT2D eigenvalue weighted by Gasteiger charge is -2.47. The van der Waals surface area contributed by atoms with Crippen molar-refractivity contribution in [2.24, 2.45) is 11.3 Å². The van der Waals surface area contributed by atoms with Crippen LogP contribution in [0.25, 0.3) is 0 Å². The van der Waals surface area contributed by atoms with Gasteiger partial charge in [0.1, 0.15) is 6.79 Å². The molecular weight excluding hydrogens is 244 g/mol. The molecule has 0 bridgehead atoms. The maximum atomic E-state index is 6.17. The fourth-order valence-electron chi connectivity index (χ4n) is 4.74. The number of epoxide rings is 2. The minimum atomic E-state index is 0.0652. The van der Waals surface area contributed by atoms with E-state index < -0.39 is 0 Å². The molecule has 0 amide bonds. The summed E-state index contributed by atoms with van der Waals surface area (Å²) in [7, 11) is 0. The van der Waals surface area contributed by atoms with Crippen molar-refractivity contribution < 1.29 is 18.9 Å². The third-order valence-corrected chi connectivity index (χ3v) is 5.81. The van der Waals surface area contributed by atoms with E-state index >= 15 is 0 Å². The third-order valence-electron chi connectivity index (χ3n) is 5.81. The molecular formula is C15H24O4. The number of hydrogen-bond acceptors (Lipinski definition) is 4. The van der Waals surface area contributed by atoms with Crippen LogP contribution < -0.4 is 0 Å². The van der Waals surface area contributed by atoms with Crippen LogP contribution in [0.4, 0.5) is 0 Å². The molecule has 3 heterocycles. The van der Waals surface area contributed by atoms with Gasteiger partial charge in [-0.2, -0.15) is 0 Å². The van der Waals surface area contributed by atoms with E-state index in [1.807, 2.05) is 0 Å². The SMILES string of the molecule is CCC1OC1(CC)C1CC2OC2CC12COCOC2. The monoisotopic (exact) mass is 268 g/mol. The Bertz CT molecular complexity index is 365. The second-order valence-corrected chi connectivity index (χ2v) is 6.71. The zero-order valence-corrected chi connectivity index (χ0v) is 11.9. The average molecular weight is 268 g/mol. The Hall–Kier alpha value is -0.160. The van der Waals surface area contributed by atoms with Gasteiger partial charge in [-0.3, -0.25) is 0 Å². The lowest BCUT2D eigenvalue weighted by molar-refractivity contribution is -0.197. The molecule has 19 heavy (non-hydrogen) atoms. The van der Waals surface area contributed by atoms with Crippen LogP contribution in [0.15, 0.2) is 0 Å². The van der Waals surface area contributed by atoms with E-state index in [2.05, 4.69) is 13.8 Å². The van der Waals surface area contributed by atoms with E-state index in [1.54, 1.807) is 0 Å². The van der Waals surface area contributed by atoms with Crippen LogP contribution in [-0.4, -0.2) is 43.9 Å². The topological polar surface area (TPSA) is 43.5 Å². The number of hydrogen-bond donors (Lipinski definition) is 0. The van der Waals surface area contributed by atoms with Crippen molar-refractivity contribution in [2.75, 3.05) is 20.0 Å². The van der Waals surface area contributed by atoms with Crippen LogP contribution in [0.1, 0.15) is 39.5 Å². The largest absolute Gasteiger partial charge is 0.370 e. The number of rotatable bonds is 3. The van der Waals surface area contributed by atoms with Crippen molar-refractivity contribution in [3.05, 3.63) is 0 Å². The van der Waals surface area contributed by atoms with Crippen LogP contribution in [-0.2, 0) is 18.9 Å². The van der Waals surface area contributed by atoms with Gasteiger partial charge in [-0.25, -0.2) is 0 Å². The molecule has 0 aromatic carbocycles. The molecule has 1 aliphatic carbocycles. The van der Waals surface area contributed by atoms with Crippen molar-refractivity contribution in [1.82, 2.24) is 0 Å². The highest BCUT2D eigenvalue weighted by Gasteiger charge is 2.69. The highest BCUT2D eigenvalue weighted by molar-refractivity contribution is 5.16. The van der Waals surface area contributed by atoms with Gasteiger partial charge in [-0.1, -0.05) is 13.8 Å².